The maximum absolute atomic E-state index is 12.0. The summed E-state index contributed by atoms with van der Waals surface area (Å²) in [6.45, 7) is 2.98. The third-order valence-corrected chi connectivity index (χ3v) is 3.16. The van der Waals surface area contributed by atoms with Crippen molar-refractivity contribution >= 4 is 5.91 Å². The molecule has 0 fully saturated rings. The topological polar surface area (TPSA) is 71.1 Å². The Balaban J connectivity index is 1.68. The molecule has 0 aliphatic carbocycles. The van der Waals surface area contributed by atoms with Crippen LogP contribution in [-0.4, -0.2) is 39.6 Å². The lowest BCUT2D eigenvalue weighted by Crippen LogP contribution is -2.26. The summed E-state index contributed by atoms with van der Waals surface area (Å²) in [6.07, 6.45) is 2.58. The highest BCUT2D eigenvalue weighted by Gasteiger charge is 2.10. The number of hydrogen-bond donors (Lipinski definition) is 1. The summed E-state index contributed by atoms with van der Waals surface area (Å²) in [6, 6.07) is 7.86. The molecule has 0 bridgehead atoms. The van der Waals surface area contributed by atoms with E-state index in [0.29, 0.717) is 31.8 Å². The molecule has 112 valence electrons. The van der Waals surface area contributed by atoms with E-state index in [1.54, 1.807) is 11.9 Å². The molecule has 1 N–H and O–H groups in total. The lowest BCUT2D eigenvalue weighted by atomic mass is 10.2. The van der Waals surface area contributed by atoms with E-state index in [-0.39, 0.29) is 5.91 Å². The average Bonchev–Trinajstić information content (AvgIpc) is 2.98. The van der Waals surface area contributed by atoms with Gasteiger partial charge in [-0.2, -0.15) is 5.10 Å². The fourth-order valence-electron chi connectivity index (χ4n) is 1.93. The SMILES string of the molecule is Cc1ccccc1OCCCC(=O)N(C)Cc1ncn[nH]1. The number of carbonyl (C=O) groups excluding carboxylic acids is 1. The van der Waals surface area contributed by atoms with Gasteiger partial charge in [0, 0.05) is 13.5 Å². The molecule has 1 aromatic carbocycles. The number of benzene rings is 1. The molecule has 2 aromatic rings. The van der Waals surface area contributed by atoms with Crippen LogP contribution in [0.1, 0.15) is 24.2 Å². The maximum atomic E-state index is 12.0. The van der Waals surface area contributed by atoms with E-state index in [4.69, 9.17) is 4.74 Å². The van der Waals surface area contributed by atoms with Crippen LogP contribution in [0.15, 0.2) is 30.6 Å². The molecule has 0 saturated carbocycles. The number of aromatic amines is 1. The molecule has 0 saturated heterocycles. The first-order valence-corrected chi connectivity index (χ1v) is 6.93. The molecule has 0 radical (unpaired) electrons. The van der Waals surface area contributed by atoms with Crippen molar-refractivity contribution in [1.29, 1.82) is 0 Å². The second kappa shape index (κ2) is 7.42. The van der Waals surface area contributed by atoms with Gasteiger partial charge in [-0.1, -0.05) is 18.2 Å². The van der Waals surface area contributed by atoms with Crippen molar-refractivity contribution in [3.8, 4) is 5.75 Å². The Morgan fingerprint density at radius 1 is 1.38 bits per heavy atom. The Morgan fingerprint density at radius 3 is 2.90 bits per heavy atom. The van der Waals surface area contributed by atoms with Gasteiger partial charge >= 0.3 is 0 Å². The van der Waals surface area contributed by atoms with Crippen LogP contribution in [0.2, 0.25) is 0 Å². The molecule has 0 atom stereocenters. The molecular weight excluding hydrogens is 268 g/mol. The highest BCUT2D eigenvalue weighted by Crippen LogP contribution is 2.16. The van der Waals surface area contributed by atoms with Crippen molar-refractivity contribution in [1.82, 2.24) is 20.1 Å². The predicted molar refractivity (Wildman–Crippen MR) is 78.8 cm³/mol. The summed E-state index contributed by atoms with van der Waals surface area (Å²) in [7, 11) is 1.76. The standard InChI is InChI=1S/C15H20N4O2/c1-12-6-3-4-7-13(12)21-9-5-8-15(20)19(2)10-14-16-11-17-18-14/h3-4,6-7,11H,5,8-10H2,1-2H3,(H,16,17,18). The van der Waals surface area contributed by atoms with Crippen molar-refractivity contribution in [2.24, 2.45) is 0 Å². The lowest BCUT2D eigenvalue weighted by Gasteiger charge is -2.15. The first-order chi connectivity index (χ1) is 10.2. The molecule has 6 nitrogen and oxygen atoms in total. The molecule has 1 aromatic heterocycles. The lowest BCUT2D eigenvalue weighted by molar-refractivity contribution is -0.130. The number of rotatable bonds is 7. The second-order valence-corrected chi connectivity index (χ2v) is 4.90. The van der Waals surface area contributed by atoms with Crippen LogP contribution >= 0.6 is 0 Å². The number of amides is 1. The van der Waals surface area contributed by atoms with Crippen LogP contribution < -0.4 is 4.74 Å². The zero-order valence-corrected chi connectivity index (χ0v) is 12.4. The van der Waals surface area contributed by atoms with Crippen molar-refractivity contribution < 1.29 is 9.53 Å². The van der Waals surface area contributed by atoms with Crippen LogP contribution in [-0.2, 0) is 11.3 Å². The third kappa shape index (κ3) is 4.59. The van der Waals surface area contributed by atoms with Crippen molar-refractivity contribution in [2.75, 3.05) is 13.7 Å². The van der Waals surface area contributed by atoms with Gasteiger partial charge in [0.05, 0.1) is 13.2 Å². The Kier molecular flexibility index (Phi) is 5.31. The molecular formula is C15H20N4O2. The monoisotopic (exact) mass is 288 g/mol. The molecule has 0 spiro atoms. The summed E-state index contributed by atoms with van der Waals surface area (Å²) in [5, 5.41) is 6.50. The van der Waals surface area contributed by atoms with E-state index in [1.165, 1.54) is 6.33 Å². The maximum Gasteiger partial charge on any atom is 0.222 e. The summed E-state index contributed by atoms with van der Waals surface area (Å²) in [5.41, 5.74) is 1.10. The highest BCUT2D eigenvalue weighted by atomic mass is 16.5. The summed E-state index contributed by atoms with van der Waals surface area (Å²) >= 11 is 0. The van der Waals surface area contributed by atoms with Gasteiger partial charge in [0.1, 0.15) is 17.9 Å². The zero-order chi connectivity index (χ0) is 15.1. The quantitative estimate of drug-likeness (QED) is 0.790. The van der Waals surface area contributed by atoms with Gasteiger partial charge in [0.25, 0.3) is 0 Å². The van der Waals surface area contributed by atoms with E-state index < -0.39 is 0 Å². The number of hydrogen-bond acceptors (Lipinski definition) is 4. The van der Waals surface area contributed by atoms with Gasteiger partial charge in [0.2, 0.25) is 5.91 Å². The molecule has 6 heteroatoms. The van der Waals surface area contributed by atoms with Crippen LogP contribution in [0.5, 0.6) is 5.75 Å². The number of para-hydroxylation sites is 1. The van der Waals surface area contributed by atoms with Crippen LogP contribution in [0, 0.1) is 6.92 Å². The molecule has 0 aliphatic rings. The van der Waals surface area contributed by atoms with E-state index in [0.717, 1.165) is 11.3 Å². The number of aromatic nitrogens is 3. The van der Waals surface area contributed by atoms with Gasteiger partial charge < -0.3 is 9.64 Å². The van der Waals surface area contributed by atoms with E-state index in [9.17, 15) is 4.79 Å². The smallest absolute Gasteiger partial charge is 0.222 e. The number of aryl methyl sites for hydroxylation is 1. The zero-order valence-electron chi connectivity index (χ0n) is 12.4. The Labute approximate surface area is 124 Å². The molecule has 0 unspecified atom stereocenters. The molecule has 0 aliphatic heterocycles. The van der Waals surface area contributed by atoms with Crippen molar-refractivity contribution in [2.45, 2.75) is 26.3 Å². The number of H-pyrrole nitrogens is 1. The molecule has 1 amide bonds. The minimum atomic E-state index is 0.0692. The van der Waals surface area contributed by atoms with Crippen molar-refractivity contribution in [3.05, 3.63) is 42.0 Å². The normalized spacial score (nSPS) is 10.4. The summed E-state index contributed by atoms with van der Waals surface area (Å²) < 4.78 is 5.67. The van der Waals surface area contributed by atoms with Crippen LogP contribution in [0.4, 0.5) is 0 Å². The Hall–Kier alpha value is -2.37. The molecule has 2 rings (SSSR count). The van der Waals surface area contributed by atoms with Gasteiger partial charge in [-0.15, -0.1) is 0 Å². The first kappa shape index (κ1) is 15.0. The fraction of sp³-hybridized carbons (Fsp3) is 0.400. The van der Waals surface area contributed by atoms with Gasteiger partial charge in [0.15, 0.2) is 0 Å². The minimum Gasteiger partial charge on any atom is -0.493 e. The third-order valence-electron chi connectivity index (χ3n) is 3.16. The number of carbonyl (C=O) groups is 1. The molecule has 1 heterocycles. The molecule has 21 heavy (non-hydrogen) atoms. The number of nitrogens with zero attached hydrogens (tertiary/aromatic N) is 3. The van der Waals surface area contributed by atoms with Gasteiger partial charge in [-0.05, 0) is 25.0 Å². The second-order valence-electron chi connectivity index (χ2n) is 4.90. The van der Waals surface area contributed by atoms with E-state index in [1.807, 2.05) is 31.2 Å². The summed E-state index contributed by atoms with van der Waals surface area (Å²) in [5.74, 6) is 1.63. The van der Waals surface area contributed by atoms with Gasteiger partial charge in [-0.25, -0.2) is 4.98 Å². The van der Waals surface area contributed by atoms with Crippen LogP contribution in [0.25, 0.3) is 0 Å². The van der Waals surface area contributed by atoms with Crippen molar-refractivity contribution in [3.63, 3.8) is 0 Å². The Bertz CT molecular complexity index is 569. The Morgan fingerprint density at radius 2 is 2.19 bits per heavy atom. The number of nitrogens with one attached hydrogen (secondary N) is 1. The predicted octanol–water partition coefficient (Wildman–Crippen LogP) is 1.93. The fourth-order valence-corrected chi connectivity index (χ4v) is 1.93. The number of ether oxygens (including phenoxy) is 1. The average molecular weight is 288 g/mol. The van der Waals surface area contributed by atoms with E-state index in [2.05, 4.69) is 15.2 Å². The summed E-state index contributed by atoms with van der Waals surface area (Å²) in [4.78, 5) is 17.6. The first-order valence-electron chi connectivity index (χ1n) is 6.93. The van der Waals surface area contributed by atoms with Gasteiger partial charge in [-0.3, -0.25) is 9.89 Å². The largest absolute Gasteiger partial charge is 0.493 e. The van der Waals surface area contributed by atoms with Crippen LogP contribution in [0.3, 0.4) is 0 Å². The minimum absolute atomic E-state index is 0.0692. The highest BCUT2D eigenvalue weighted by molar-refractivity contribution is 5.75. The van der Waals surface area contributed by atoms with E-state index >= 15 is 0 Å².